The third kappa shape index (κ3) is 2.87. The third-order valence-electron chi connectivity index (χ3n) is 3.64. The molecule has 2 heteroatoms. The zero-order chi connectivity index (χ0) is 12.3. The van der Waals surface area contributed by atoms with Crippen molar-refractivity contribution in [2.24, 2.45) is 0 Å². The predicted octanol–water partition coefficient (Wildman–Crippen LogP) is 3.18. The van der Waals surface area contributed by atoms with Gasteiger partial charge in [0.15, 0.2) is 0 Å². The molecule has 1 heterocycles. The number of hydrogen-bond donors (Lipinski definition) is 0. The highest BCUT2D eigenvalue weighted by atomic mass is 15.2. The predicted molar refractivity (Wildman–Crippen MR) is 69.6 cm³/mol. The van der Waals surface area contributed by atoms with Gasteiger partial charge in [0.25, 0.3) is 0 Å². The van der Waals surface area contributed by atoms with Gasteiger partial charge in [0, 0.05) is 6.54 Å². The lowest BCUT2D eigenvalue weighted by atomic mass is 10.00. The number of aryl methyl sites for hydroxylation is 2. The van der Waals surface area contributed by atoms with Crippen LogP contribution >= 0.6 is 0 Å². The zero-order valence-electron chi connectivity index (χ0n) is 10.7. The lowest BCUT2D eigenvalue weighted by Crippen LogP contribution is -2.38. The molecule has 0 aromatic heterocycles. The fraction of sp³-hybridized carbons (Fsp3) is 0.533. The minimum absolute atomic E-state index is 0.115. The van der Waals surface area contributed by atoms with Gasteiger partial charge in [-0.1, -0.05) is 23.8 Å². The molecule has 1 saturated heterocycles. The minimum atomic E-state index is 0.115. The molecular weight excluding hydrogens is 208 g/mol. The van der Waals surface area contributed by atoms with Crippen LogP contribution in [0, 0.1) is 25.2 Å². The van der Waals surface area contributed by atoms with Gasteiger partial charge in [-0.2, -0.15) is 5.26 Å². The van der Waals surface area contributed by atoms with Crippen LogP contribution < -0.4 is 0 Å². The Morgan fingerprint density at radius 2 is 2.18 bits per heavy atom. The molecule has 0 aliphatic carbocycles. The molecule has 0 amide bonds. The topological polar surface area (TPSA) is 27.0 Å². The van der Waals surface area contributed by atoms with Crippen LogP contribution in [-0.2, 0) is 6.54 Å². The molecule has 0 radical (unpaired) electrons. The molecule has 1 aliphatic rings. The molecular formula is C15H20N2. The number of hydrogen-bond acceptors (Lipinski definition) is 2. The van der Waals surface area contributed by atoms with Gasteiger partial charge in [-0.05, 0) is 50.8 Å². The van der Waals surface area contributed by atoms with Crippen molar-refractivity contribution in [1.82, 2.24) is 4.90 Å². The Balaban J connectivity index is 2.14. The molecule has 1 atom stereocenters. The van der Waals surface area contributed by atoms with E-state index in [1.165, 1.54) is 29.5 Å². The van der Waals surface area contributed by atoms with Crippen LogP contribution in [0.1, 0.15) is 36.0 Å². The summed E-state index contributed by atoms with van der Waals surface area (Å²) in [5, 5.41) is 9.17. The van der Waals surface area contributed by atoms with Gasteiger partial charge in [0.1, 0.15) is 0 Å². The van der Waals surface area contributed by atoms with E-state index in [0.717, 1.165) is 19.5 Å². The summed E-state index contributed by atoms with van der Waals surface area (Å²) in [7, 11) is 0. The third-order valence-corrected chi connectivity index (χ3v) is 3.64. The fourth-order valence-corrected chi connectivity index (χ4v) is 2.52. The van der Waals surface area contributed by atoms with E-state index in [1.54, 1.807) is 0 Å². The molecule has 1 aromatic carbocycles. The lowest BCUT2D eigenvalue weighted by Gasteiger charge is -2.31. The first-order valence-electron chi connectivity index (χ1n) is 6.40. The van der Waals surface area contributed by atoms with Crippen LogP contribution in [0.4, 0.5) is 0 Å². The van der Waals surface area contributed by atoms with E-state index < -0.39 is 0 Å². The minimum Gasteiger partial charge on any atom is -0.284 e. The Labute approximate surface area is 104 Å². The highest BCUT2D eigenvalue weighted by Gasteiger charge is 2.22. The molecule has 17 heavy (non-hydrogen) atoms. The number of nitrogens with zero attached hydrogens (tertiary/aromatic N) is 2. The molecule has 1 unspecified atom stereocenters. The van der Waals surface area contributed by atoms with Crippen LogP contribution in [0.15, 0.2) is 18.2 Å². The molecule has 2 rings (SSSR count). The van der Waals surface area contributed by atoms with Gasteiger partial charge in [0.2, 0.25) is 0 Å². The Morgan fingerprint density at radius 1 is 1.35 bits per heavy atom. The normalized spacial score (nSPS) is 21.1. The average molecular weight is 228 g/mol. The van der Waals surface area contributed by atoms with E-state index in [-0.39, 0.29) is 6.04 Å². The van der Waals surface area contributed by atoms with Crippen LogP contribution in [0.25, 0.3) is 0 Å². The largest absolute Gasteiger partial charge is 0.284 e. The molecule has 0 spiro atoms. The summed E-state index contributed by atoms with van der Waals surface area (Å²) >= 11 is 0. The van der Waals surface area contributed by atoms with Crippen molar-refractivity contribution < 1.29 is 0 Å². The van der Waals surface area contributed by atoms with Crippen molar-refractivity contribution >= 4 is 0 Å². The molecule has 0 saturated carbocycles. The van der Waals surface area contributed by atoms with Gasteiger partial charge in [-0.25, -0.2) is 0 Å². The Kier molecular flexibility index (Phi) is 3.81. The second-order valence-corrected chi connectivity index (χ2v) is 5.04. The second-order valence-electron chi connectivity index (χ2n) is 5.04. The molecule has 0 bridgehead atoms. The van der Waals surface area contributed by atoms with Crippen molar-refractivity contribution in [3.8, 4) is 6.07 Å². The van der Waals surface area contributed by atoms with Crippen molar-refractivity contribution in [1.29, 1.82) is 5.26 Å². The Morgan fingerprint density at radius 3 is 2.94 bits per heavy atom. The summed E-state index contributed by atoms with van der Waals surface area (Å²) in [5.74, 6) is 0. The van der Waals surface area contributed by atoms with Crippen LogP contribution in [0.2, 0.25) is 0 Å². The van der Waals surface area contributed by atoms with Crippen molar-refractivity contribution in [3.63, 3.8) is 0 Å². The molecule has 0 N–H and O–H groups in total. The highest BCUT2D eigenvalue weighted by Crippen LogP contribution is 2.21. The maximum atomic E-state index is 9.17. The molecule has 2 nitrogen and oxygen atoms in total. The van der Waals surface area contributed by atoms with Gasteiger partial charge in [-0.3, -0.25) is 4.90 Å². The summed E-state index contributed by atoms with van der Waals surface area (Å²) in [5.41, 5.74) is 4.00. The molecule has 1 aromatic rings. The second kappa shape index (κ2) is 5.33. The highest BCUT2D eigenvalue weighted by molar-refractivity contribution is 5.30. The van der Waals surface area contributed by atoms with Crippen LogP contribution in [-0.4, -0.2) is 17.5 Å². The summed E-state index contributed by atoms with van der Waals surface area (Å²) in [6.45, 7) is 6.26. The van der Waals surface area contributed by atoms with Crippen molar-refractivity contribution in [2.45, 2.75) is 45.7 Å². The standard InChI is InChI=1S/C15H20N2/c1-12-6-7-13(2)14(9-12)11-17-8-4-3-5-15(17)10-16/h6-7,9,15H,3-5,8,11H2,1-2H3. The number of benzene rings is 1. The molecule has 1 fully saturated rings. The van der Waals surface area contributed by atoms with E-state index in [9.17, 15) is 5.26 Å². The van der Waals surface area contributed by atoms with Gasteiger partial charge >= 0.3 is 0 Å². The van der Waals surface area contributed by atoms with E-state index in [1.807, 2.05) is 0 Å². The zero-order valence-corrected chi connectivity index (χ0v) is 10.7. The maximum Gasteiger partial charge on any atom is 0.0980 e. The lowest BCUT2D eigenvalue weighted by molar-refractivity contribution is 0.176. The van der Waals surface area contributed by atoms with E-state index >= 15 is 0 Å². The van der Waals surface area contributed by atoms with Crippen molar-refractivity contribution in [2.75, 3.05) is 6.54 Å². The fourth-order valence-electron chi connectivity index (χ4n) is 2.52. The maximum absolute atomic E-state index is 9.17. The first-order chi connectivity index (χ1) is 8.20. The summed E-state index contributed by atoms with van der Waals surface area (Å²) in [6.07, 6.45) is 3.45. The summed E-state index contributed by atoms with van der Waals surface area (Å²) in [6, 6.07) is 9.12. The Bertz CT molecular complexity index is 431. The average Bonchev–Trinajstić information content (AvgIpc) is 2.34. The SMILES string of the molecule is Cc1ccc(C)c(CN2CCCCC2C#N)c1. The number of piperidine rings is 1. The summed E-state index contributed by atoms with van der Waals surface area (Å²) in [4.78, 5) is 2.32. The van der Waals surface area contributed by atoms with Crippen LogP contribution in [0.5, 0.6) is 0 Å². The monoisotopic (exact) mass is 228 g/mol. The van der Waals surface area contributed by atoms with E-state index in [2.05, 4.69) is 43.0 Å². The first-order valence-corrected chi connectivity index (χ1v) is 6.40. The van der Waals surface area contributed by atoms with Crippen LogP contribution in [0.3, 0.4) is 0 Å². The van der Waals surface area contributed by atoms with Gasteiger partial charge in [-0.15, -0.1) is 0 Å². The summed E-state index contributed by atoms with van der Waals surface area (Å²) < 4.78 is 0. The van der Waals surface area contributed by atoms with Crippen molar-refractivity contribution in [3.05, 3.63) is 34.9 Å². The Hall–Kier alpha value is -1.33. The van der Waals surface area contributed by atoms with Gasteiger partial charge < -0.3 is 0 Å². The van der Waals surface area contributed by atoms with E-state index in [4.69, 9.17) is 0 Å². The number of rotatable bonds is 2. The molecule has 1 aliphatic heterocycles. The van der Waals surface area contributed by atoms with Gasteiger partial charge in [0.05, 0.1) is 12.1 Å². The number of nitriles is 1. The number of likely N-dealkylation sites (tertiary alicyclic amines) is 1. The molecule has 90 valence electrons. The first kappa shape index (κ1) is 12.1. The quantitative estimate of drug-likeness (QED) is 0.777. The van der Waals surface area contributed by atoms with E-state index in [0.29, 0.717) is 0 Å². The smallest absolute Gasteiger partial charge is 0.0980 e.